The Morgan fingerprint density at radius 2 is 1.93 bits per heavy atom. The van der Waals surface area contributed by atoms with Crippen molar-refractivity contribution >= 4 is 21.9 Å². The Morgan fingerprint density at radius 1 is 1.30 bits per heavy atom. The minimum absolute atomic E-state index is 0.129. The van der Waals surface area contributed by atoms with Crippen molar-refractivity contribution < 1.29 is 36.3 Å². The highest BCUT2D eigenvalue weighted by molar-refractivity contribution is 7.88. The Hall–Kier alpha value is -2.25. The number of nitrogens with one attached hydrogen (secondary N) is 1. The smallest absolute Gasteiger partial charge is 0.475 e. The Bertz CT molecular complexity index is 866. The Balaban J connectivity index is 0.000000396. The minimum atomic E-state index is -5.08. The fourth-order valence-electron chi connectivity index (χ4n) is 3.80. The fraction of sp³-hybridized carbons (Fsp3) is 0.588. The van der Waals surface area contributed by atoms with Gasteiger partial charge in [0.25, 0.3) is 0 Å². The van der Waals surface area contributed by atoms with Crippen molar-refractivity contribution in [3.63, 3.8) is 0 Å². The molecule has 2 N–H and O–H groups in total. The largest absolute Gasteiger partial charge is 0.490 e. The van der Waals surface area contributed by atoms with Crippen molar-refractivity contribution in [2.24, 2.45) is 5.92 Å². The number of aliphatic carboxylic acids is 1. The first kappa shape index (κ1) is 24.0. The number of likely N-dealkylation sites (tertiary alicyclic amines) is 1. The first-order valence-electron chi connectivity index (χ1n) is 8.97. The summed E-state index contributed by atoms with van der Waals surface area (Å²) >= 11 is 0. The van der Waals surface area contributed by atoms with E-state index in [2.05, 4.69) is 15.2 Å². The maximum Gasteiger partial charge on any atom is 0.490 e. The summed E-state index contributed by atoms with van der Waals surface area (Å²) in [5.74, 6) is -2.79. The number of nitrogens with zero attached hydrogens (tertiary/aromatic N) is 3. The van der Waals surface area contributed by atoms with E-state index in [1.165, 1.54) is 10.6 Å². The molecule has 3 heterocycles. The number of carbonyl (C=O) groups is 2. The number of rotatable bonds is 4. The fourth-order valence-corrected chi connectivity index (χ4v) is 5.17. The van der Waals surface area contributed by atoms with Crippen LogP contribution in [0.2, 0.25) is 0 Å². The van der Waals surface area contributed by atoms with Crippen LogP contribution >= 0.6 is 0 Å². The van der Waals surface area contributed by atoms with E-state index in [-0.39, 0.29) is 17.9 Å². The second-order valence-electron chi connectivity index (χ2n) is 7.10. The van der Waals surface area contributed by atoms with Crippen molar-refractivity contribution in [2.45, 2.75) is 31.2 Å². The zero-order chi connectivity index (χ0) is 22.7. The third-order valence-corrected chi connectivity index (χ3v) is 6.22. The van der Waals surface area contributed by atoms with Crippen molar-refractivity contribution in [3.05, 3.63) is 30.1 Å². The van der Waals surface area contributed by atoms with Crippen LogP contribution < -0.4 is 5.32 Å². The second kappa shape index (κ2) is 9.27. The van der Waals surface area contributed by atoms with Gasteiger partial charge in [-0.1, -0.05) is 6.07 Å². The van der Waals surface area contributed by atoms with Crippen molar-refractivity contribution in [3.8, 4) is 0 Å². The van der Waals surface area contributed by atoms with Crippen LogP contribution in [-0.4, -0.2) is 84.2 Å². The van der Waals surface area contributed by atoms with Crippen LogP contribution in [0.5, 0.6) is 0 Å². The Morgan fingerprint density at radius 3 is 2.40 bits per heavy atom. The SMILES string of the molecule is CNC(=O)[C@H]1C[C@@H]2CN(Cc3ccccn3)C[C@@H]2N1S(C)(=O)=O.O=C(O)C(F)(F)F. The maximum absolute atomic E-state index is 12.2. The van der Waals surface area contributed by atoms with E-state index >= 15 is 0 Å². The highest BCUT2D eigenvalue weighted by atomic mass is 32.2. The number of alkyl halides is 3. The van der Waals surface area contributed by atoms with Crippen LogP contribution in [0, 0.1) is 5.92 Å². The first-order chi connectivity index (χ1) is 13.8. The number of pyridine rings is 1. The van der Waals surface area contributed by atoms with E-state index in [4.69, 9.17) is 9.90 Å². The lowest BCUT2D eigenvalue weighted by atomic mass is 10.0. The van der Waals surface area contributed by atoms with Gasteiger partial charge in [-0.3, -0.25) is 14.7 Å². The van der Waals surface area contributed by atoms with Gasteiger partial charge in [-0.15, -0.1) is 0 Å². The molecule has 0 spiro atoms. The molecular weight excluding hydrogens is 429 g/mol. The summed E-state index contributed by atoms with van der Waals surface area (Å²) in [7, 11) is -1.88. The van der Waals surface area contributed by atoms with Crippen LogP contribution in [0.25, 0.3) is 0 Å². The molecule has 30 heavy (non-hydrogen) atoms. The third-order valence-electron chi connectivity index (χ3n) is 4.93. The van der Waals surface area contributed by atoms with Crippen LogP contribution in [0.3, 0.4) is 0 Å². The lowest BCUT2D eigenvalue weighted by Crippen LogP contribution is -2.49. The number of halogens is 3. The van der Waals surface area contributed by atoms with Gasteiger partial charge < -0.3 is 10.4 Å². The van der Waals surface area contributed by atoms with E-state index in [9.17, 15) is 26.4 Å². The van der Waals surface area contributed by atoms with E-state index in [0.29, 0.717) is 19.5 Å². The molecule has 1 aromatic heterocycles. The number of carbonyl (C=O) groups excluding carboxylic acids is 1. The number of fused-ring (bicyclic) bond motifs is 1. The highest BCUT2D eigenvalue weighted by Crippen LogP contribution is 2.37. The van der Waals surface area contributed by atoms with Crippen molar-refractivity contribution in [2.75, 3.05) is 26.4 Å². The molecule has 168 valence electrons. The summed E-state index contributed by atoms with van der Waals surface area (Å²) < 4.78 is 57.5. The zero-order valence-electron chi connectivity index (χ0n) is 16.3. The van der Waals surface area contributed by atoms with Gasteiger partial charge >= 0.3 is 12.1 Å². The summed E-state index contributed by atoms with van der Waals surface area (Å²) in [6.07, 6.45) is -1.56. The van der Waals surface area contributed by atoms with E-state index < -0.39 is 28.2 Å². The third kappa shape index (κ3) is 5.89. The average molecular weight is 452 g/mol. The number of carboxylic acid groups (broad SMARTS) is 1. The molecule has 0 saturated carbocycles. The molecule has 2 aliphatic heterocycles. The number of carboxylic acids is 1. The van der Waals surface area contributed by atoms with Gasteiger partial charge in [0.1, 0.15) is 6.04 Å². The molecule has 3 atom stereocenters. The summed E-state index contributed by atoms with van der Waals surface area (Å²) in [5, 5.41) is 9.71. The number of hydrogen-bond acceptors (Lipinski definition) is 6. The van der Waals surface area contributed by atoms with E-state index in [1.54, 1.807) is 13.2 Å². The Kier molecular flexibility index (Phi) is 7.42. The quantitative estimate of drug-likeness (QED) is 0.674. The van der Waals surface area contributed by atoms with Gasteiger partial charge in [0.05, 0.1) is 11.9 Å². The molecule has 0 radical (unpaired) electrons. The van der Waals surface area contributed by atoms with Gasteiger partial charge in [0, 0.05) is 38.9 Å². The lowest BCUT2D eigenvalue weighted by Gasteiger charge is -2.27. The topological polar surface area (TPSA) is 120 Å². The number of hydrogen-bond donors (Lipinski definition) is 2. The molecule has 3 rings (SSSR count). The number of sulfonamides is 1. The van der Waals surface area contributed by atoms with Gasteiger partial charge in [-0.25, -0.2) is 13.2 Å². The van der Waals surface area contributed by atoms with Crippen LogP contribution in [0.15, 0.2) is 24.4 Å². The molecule has 2 aliphatic rings. The predicted octanol–water partition coefficient (Wildman–Crippen LogP) is 0.295. The first-order valence-corrected chi connectivity index (χ1v) is 10.8. The Labute approximate surface area is 171 Å². The molecule has 0 unspecified atom stereocenters. The minimum Gasteiger partial charge on any atom is -0.475 e. The average Bonchev–Trinajstić information content (AvgIpc) is 3.17. The standard InChI is InChI=1S/C15H22N4O3S.C2HF3O2/c1-16-15(20)13-7-11-8-18(9-12-5-3-4-6-17-12)10-14(11)19(13)23(2,21)22;3-2(4,5)1(6)7/h3-6,11,13-14H,7-10H2,1-2H3,(H,16,20);(H,6,7)/t11-,13-,14+;/m1./s1. The van der Waals surface area contributed by atoms with Gasteiger partial charge in [0.2, 0.25) is 15.9 Å². The summed E-state index contributed by atoms with van der Waals surface area (Å²) in [4.78, 5) is 27.5. The lowest BCUT2D eigenvalue weighted by molar-refractivity contribution is -0.192. The summed E-state index contributed by atoms with van der Waals surface area (Å²) in [6.45, 7) is 2.14. The van der Waals surface area contributed by atoms with Crippen LogP contribution in [0.4, 0.5) is 13.2 Å². The number of amides is 1. The molecule has 0 bridgehead atoms. The van der Waals surface area contributed by atoms with Crippen LogP contribution in [0.1, 0.15) is 12.1 Å². The van der Waals surface area contributed by atoms with E-state index in [1.807, 2.05) is 18.2 Å². The van der Waals surface area contributed by atoms with Crippen LogP contribution in [-0.2, 0) is 26.2 Å². The summed E-state index contributed by atoms with van der Waals surface area (Å²) in [6, 6.07) is 5.08. The monoisotopic (exact) mass is 452 g/mol. The van der Waals surface area contributed by atoms with Gasteiger partial charge in [-0.2, -0.15) is 17.5 Å². The van der Waals surface area contributed by atoms with E-state index in [0.717, 1.165) is 12.2 Å². The molecule has 2 fully saturated rings. The van der Waals surface area contributed by atoms with Crippen molar-refractivity contribution in [1.82, 2.24) is 19.5 Å². The highest BCUT2D eigenvalue weighted by Gasteiger charge is 2.52. The molecular formula is C17H23F3N4O5S. The molecule has 9 nitrogen and oxygen atoms in total. The molecule has 0 aliphatic carbocycles. The van der Waals surface area contributed by atoms with Gasteiger partial charge in [-0.05, 0) is 24.5 Å². The second-order valence-corrected chi connectivity index (χ2v) is 8.99. The number of likely N-dealkylation sites (N-methyl/N-ethyl adjacent to an activating group) is 1. The van der Waals surface area contributed by atoms with Crippen molar-refractivity contribution in [1.29, 1.82) is 0 Å². The van der Waals surface area contributed by atoms with Gasteiger partial charge in [0.15, 0.2) is 0 Å². The normalized spacial score (nSPS) is 24.6. The molecule has 1 aromatic rings. The molecule has 13 heteroatoms. The molecule has 1 amide bonds. The summed E-state index contributed by atoms with van der Waals surface area (Å²) in [5.41, 5.74) is 0.973. The predicted molar refractivity (Wildman–Crippen MR) is 99.6 cm³/mol. The molecule has 2 saturated heterocycles. The number of aromatic nitrogens is 1. The zero-order valence-corrected chi connectivity index (χ0v) is 17.2. The molecule has 0 aromatic carbocycles. The maximum atomic E-state index is 12.2.